The van der Waals surface area contributed by atoms with E-state index in [0.29, 0.717) is 4.90 Å². The van der Waals surface area contributed by atoms with Crippen molar-refractivity contribution in [2.75, 3.05) is 12.4 Å². The number of rotatable bonds is 4. The molecule has 17 heavy (non-hydrogen) atoms. The standard InChI is InChI=1S/C12H15FN2OS/c13-9-4-1-5-10(11(9)12(14)15)17-7-8-3-2-6-16-8/h1,4-5,8H,2-3,6-7H2,(H3,14,15). The molecule has 1 aliphatic heterocycles. The Balaban J connectivity index is 2.09. The van der Waals surface area contributed by atoms with Gasteiger partial charge in [0.2, 0.25) is 0 Å². The Bertz CT molecular complexity index is 419. The largest absolute Gasteiger partial charge is 0.384 e. The fourth-order valence-electron chi connectivity index (χ4n) is 1.84. The van der Waals surface area contributed by atoms with Crippen LogP contribution in [0.25, 0.3) is 0 Å². The minimum absolute atomic E-state index is 0.204. The van der Waals surface area contributed by atoms with Crippen LogP contribution in [0.4, 0.5) is 4.39 Å². The van der Waals surface area contributed by atoms with Crippen molar-refractivity contribution >= 4 is 17.6 Å². The predicted octanol–water partition coefficient (Wildman–Crippen LogP) is 2.38. The van der Waals surface area contributed by atoms with Gasteiger partial charge in [0.25, 0.3) is 0 Å². The predicted molar refractivity (Wildman–Crippen MR) is 67.1 cm³/mol. The average molecular weight is 254 g/mol. The van der Waals surface area contributed by atoms with Crippen LogP contribution < -0.4 is 5.73 Å². The molecule has 5 heteroatoms. The van der Waals surface area contributed by atoms with E-state index >= 15 is 0 Å². The van der Waals surface area contributed by atoms with E-state index in [0.717, 1.165) is 25.2 Å². The van der Waals surface area contributed by atoms with Crippen molar-refractivity contribution in [2.24, 2.45) is 5.73 Å². The molecule has 1 atom stereocenters. The molecule has 1 aliphatic rings. The summed E-state index contributed by atoms with van der Waals surface area (Å²) in [5.74, 6) is 0.122. The third-order valence-corrected chi connectivity index (χ3v) is 3.88. The summed E-state index contributed by atoms with van der Waals surface area (Å²) in [6, 6.07) is 4.76. The summed E-state index contributed by atoms with van der Waals surface area (Å²) in [5, 5.41) is 7.40. The van der Waals surface area contributed by atoms with Crippen LogP contribution in [-0.2, 0) is 4.74 Å². The monoisotopic (exact) mass is 254 g/mol. The van der Waals surface area contributed by atoms with Gasteiger partial charge < -0.3 is 10.5 Å². The summed E-state index contributed by atoms with van der Waals surface area (Å²) in [5.41, 5.74) is 5.60. The Kier molecular flexibility index (Phi) is 4.02. The first kappa shape index (κ1) is 12.4. The van der Waals surface area contributed by atoms with Gasteiger partial charge in [-0.2, -0.15) is 0 Å². The molecule has 0 spiro atoms. The summed E-state index contributed by atoms with van der Waals surface area (Å²) in [4.78, 5) is 0.716. The molecule has 0 bridgehead atoms. The van der Waals surface area contributed by atoms with Crippen molar-refractivity contribution in [2.45, 2.75) is 23.8 Å². The quantitative estimate of drug-likeness (QED) is 0.493. The van der Waals surface area contributed by atoms with Gasteiger partial charge >= 0.3 is 0 Å². The number of thioether (sulfide) groups is 1. The van der Waals surface area contributed by atoms with Gasteiger partial charge in [0.1, 0.15) is 11.7 Å². The SMILES string of the molecule is N=C(N)c1c(F)cccc1SCC1CCCO1. The highest BCUT2D eigenvalue weighted by molar-refractivity contribution is 7.99. The number of benzene rings is 1. The van der Waals surface area contributed by atoms with E-state index < -0.39 is 5.82 Å². The molecule has 0 radical (unpaired) electrons. The highest BCUT2D eigenvalue weighted by atomic mass is 32.2. The number of nitrogens with one attached hydrogen (secondary N) is 1. The lowest BCUT2D eigenvalue weighted by Gasteiger charge is -2.11. The summed E-state index contributed by atoms with van der Waals surface area (Å²) >= 11 is 1.50. The lowest BCUT2D eigenvalue weighted by Crippen LogP contribution is -2.15. The van der Waals surface area contributed by atoms with Gasteiger partial charge in [-0.1, -0.05) is 6.07 Å². The number of nitrogens with two attached hydrogens (primary N) is 1. The van der Waals surface area contributed by atoms with Crippen molar-refractivity contribution in [3.8, 4) is 0 Å². The number of amidine groups is 1. The van der Waals surface area contributed by atoms with Gasteiger partial charge in [0.15, 0.2) is 0 Å². The number of hydrogen-bond acceptors (Lipinski definition) is 3. The second-order valence-corrected chi connectivity index (χ2v) is 5.03. The van der Waals surface area contributed by atoms with Crippen LogP contribution in [-0.4, -0.2) is 24.3 Å². The maximum absolute atomic E-state index is 13.5. The number of halogens is 1. The third-order valence-electron chi connectivity index (χ3n) is 2.69. The Morgan fingerprint density at radius 1 is 1.59 bits per heavy atom. The minimum Gasteiger partial charge on any atom is -0.384 e. The molecular formula is C12H15FN2OS. The Hall–Kier alpha value is -1.07. The molecule has 0 aromatic heterocycles. The van der Waals surface area contributed by atoms with Crippen molar-refractivity contribution in [1.82, 2.24) is 0 Å². The van der Waals surface area contributed by atoms with E-state index in [2.05, 4.69) is 0 Å². The normalized spacial score (nSPS) is 19.5. The van der Waals surface area contributed by atoms with E-state index in [-0.39, 0.29) is 17.5 Å². The third kappa shape index (κ3) is 2.98. The molecule has 0 aliphatic carbocycles. The lowest BCUT2D eigenvalue weighted by atomic mass is 10.2. The second kappa shape index (κ2) is 5.51. The maximum Gasteiger partial charge on any atom is 0.135 e. The first-order valence-electron chi connectivity index (χ1n) is 5.56. The first-order chi connectivity index (χ1) is 8.18. The first-order valence-corrected chi connectivity index (χ1v) is 6.54. The van der Waals surface area contributed by atoms with Crippen LogP contribution in [0.5, 0.6) is 0 Å². The molecule has 92 valence electrons. The average Bonchev–Trinajstić information content (AvgIpc) is 2.78. The molecule has 1 unspecified atom stereocenters. The van der Waals surface area contributed by atoms with Crippen LogP contribution in [0.1, 0.15) is 18.4 Å². The van der Waals surface area contributed by atoms with Crippen LogP contribution in [0.15, 0.2) is 23.1 Å². The van der Waals surface area contributed by atoms with Crippen molar-refractivity contribution in [3.05, 3.63) is 29.6 Å². The van der Waals surface area contributed by atoms with E-state index in [9.17, 15) is 4.39 Å². The fraction of sp³-hybridized carbons (Fsp3) is 0.417. The van der Waals surface area contributed by atoms with Crippen LogP contribution in [0.3, 0.4) is 0 Å². The van der Waals surface area contributed by atoms with Gasteiger partial charge in [0.05, 0.1) is 11.7 Å². The lowest BCUT2D eigenvalue weighted by molar-refractivity contribution is 0.129. The highest BCUT2D eigenvalue weighted by Crippen LogP contribution is 2.27. The van der Waals surface area contributed by atoms with Gasteiger partial charge in [-0.05, 0) is 25.0 Å². The van der Waals surface area contributed by atoms with Gasteiger partial charge in [-0.3, -0.25) is 5.41 Å². The molecular weight excluding hydrogens is 239 g/mol. The smallest absolute Gasteiger partial charge is 0.135 e. The van der Waals surface area contributed by atoms with Gasteiger partial charge in [-0.25, -0.2) is 4.39 Å². The topological polar surface area (TPSA) is 59.1 Å². The molecule has 1 saturated heterocycles. The van der Waals surface area contributed by atoms with Gasteiger partial charge in [-0.15, -0.1) is 11.8 Å². The molecule has 1 heterocycles. The summed E-state index contributed by atoms with van der Waals surface area (Å²) in [6.07, 6.45) is 2.38. The minimum atomic E-state index is -0.435. The zero-order valence-electron chi connectivity index (χ0n) is 9.41. The van der Waals surface area contributed by atoms with Gasteiger partial charge in [0, 0.05) is 17.3 Å². The molecule has 3 N–H and O–H groups in total. The van der Waals surface area contributed by atoms with Crippen molar-refractivity contribution < 1.29 is 9.13 Å². The fourth-order valence-corrected chi connectivity index (χ4v) is 3.00. The Labute approximate surface area is 104 Å². The second-order valence-electron chi connectivity index (χ2n) is 3.97. The zero-order valence-corrected chi connectivity index (χ0v) is 10.2. The summed E-state index contributed by atoms with van der Waals surface area (Å²) in [6.45, 7) is 0.813. The van der Waals surface area contributed by atoms with E-state index in [1.165, 1.54) is 17.8 Å². The molecule has 2 rings (SSSR count). The van der Waals surface area contributed by atoms with Crippen molar-refractivity contribution in [3.63, 3.8) is 0 Å². The summed E-state index contributed by atoms with van der Waals surface area (Å²) < 4.78 is 19.0. The van der Waals surface area contributed by atoms with Crippen LogP contribution in [0.2, 0.25) is 0 Å². The molecule has 0 amide bonds. The van der Waals surface area contributed by atoms with Crippen molar-refractivity contribution in [1.29, 1.82) is 5.41 Å². The zero-order chi connectivity index (χ0) is 12.3. The van der Waals surface area contributed by atoms with E-state index in [1.807, 2.05) is 0 Å². The Morgan fingerprint density at radius 2 is 2.41 bits per heavy atom. The molecule has 1 aromatic rings. The molecule has 1 aromatic carbocycles. The summed E-state index contributed by atoms with van der Waals surface area (Å²) in [7, 11) is 0. The Morgan fingerprint density at radius 3 is 3.06 bits per heavy atom. The van der Waals surface area contributed by atoms with E-state index in [4.69, 9.17) is 15.9 Å². The molecule has 0 saturated carbocycles. The number of nitrogen functional groups attached to an aromatic ring is 1. The number of ether oxygens (including phenoxy) is 1. The number of hydrogen-bond donors (Lipinski definition) is 2. The van der Waals surface area contributed by atoms with E-state index in [1.54, 1.807) is 12.1 Å². The molecule has 3 nitrogen and oxygen atoms in total. The maximum atomic E-state index is 13.5. The molecule has 1 fully saturated rings. The van der Waals surface area contributed by atoms with Crippen LogP contribution >= 0.6 is 11.8 Å². The highest BCUT2D eigenvalue weighted by Gasteiger charge is 2.18. The van der Waals surface area contributed by atoms with Crippen LogP contribution in [0, 0.1) is 11.2 Å².